The fourth-order valence-corrected chi connectivity index (χ4v) is 1.15. The molecule has 1 N–H and O–H groups in total. The van der Waals surface area contributed by atoms with Crippen LogP contribution in [0.1, 0.15) is 0 Å². The minimum atomic E-state index is -7.68. The van der Waals surface area contributed by atoms with Crippen LogP contribution in [0.2, 0.25) is 0 Å². The van der Waals surface area contributed by atoms with Gasteiger partial charge < -0.3 is 5.11 Å². The molecular weight excluding hydrogens is 528 g/mol. The molecule has 0 aromatic rings. The fourth-order valence-electron chi connectivity index (χ4n) is 1.04. The van der Waals surface area contributed by atoms with E-state index in [1.807, 2.05) is 0 Å². The molecule has 0 aromatic carbocycles. The van der Waals surface area contributed by atoms with Gasteiger partial charge in [-0.3, -0.25) is 0 Å². The third kappa shape index (κ3) is 5.86. The quantitative estimate of drug-likeness (QED) is 0.255. The maximum absolute atomic E-state index is 13.6. The Morgan fingerprint density at radius 2 is 0.935 bits per heavy atom. The van der Waals surface area contributed by atoms with Crippen molar-refractivity contribution in [1.82, 2.24) is 0 Å². The van der Waals surface area contributed by atoms with Crippen LogP contribution in [-0.4, -0.2) is 59.0 Å². The zero-order valence-electron chi connectivity index (χ0n) is 13.0. The van der Waals surface area contributed by atoms with Crippen molar-refractivity contribution in [3.05, 3.63) is 0 Å². The van der Waals surface area contributed by atoms with Crippen LogP contribution in [0.3, 0.4) is 0 Å². The summed E-state index contributed by atoms with van der Waals surface area (Å²) in [6, 6.07) is -15.0. The van der Waals surface area contributed by atoms with Crippen molar-refractivity contribution in [3.8, 4) is 0 Å². The molecule has 22 heteroatoms. The van der Waals surface area contributed by atoms with Gasteiger partial charge in [-0.25, -0.2) is 19.0 Å². The molecule has 0 aliphatic carbocycles. The molecule has 2 atom stereocenters. The van der Waals surface area contributed by atoms with Crippen LogP contribution in [0.15, 0.2) is 0 Å². The van der Waals surface area contributed by atoms with Crippen molar-refractivity contribution in [3.63, 3.8) is 0 Å². The van der Waals surface area contributed by atoms with Gasteiger partial charge in [-0.15, -0.1) is 0 Å². The van der Waals surface area contributed by atoms with Gasteiger partial charge in [-0.1, -0.05) is 0 Å². The molecule has 0 aromatic heterocycles. The first-order valence-electron chi connectivity index (χ1n) is 6.12. The predicted molar refractivity (Wildman–Crippen MR) is 56.3 cm³/mol. The smallest absolute Gasteiger partial charge is 0.475 e. The first-order valence-corrected chi connectivity index (χ1v) is 6.49. The number of ether oxygens (including phenoxy) is 3. The molecule has 186 valence electrons. The molecule has 0 heterocycles. The summed E-state index contributed by atoms with van der Waals surface area (Å²) in [4.78, 5) is 9.93. The van der Waals surface area contributed by atoms with E-state index in [1.54, 1.807) is 9.47 Å². The topological polar surface area (TPSA) is 65.0 Å². The maximum atomic E-state index is 13.6. The second-order valence-electron chi connectivity index (χ2n) is 4.79. The van der Waals surface area contributed by atoms with Gasteiger partial charge in [0.1, 0.15) is 0 Å². The van der Waals surface area contributed by atoms with Gasteiger partial charge in [0.25, 0.3) is 0 Å². The molecule has 31 heavy (non-hydrogen) atoms. The SMILES string of the molecule is O=C(O)C(F)(F)OC(F)(OC(F)(OC(F)(F)C(F)(F)C(F)(F)Cl)C(F)(F)F)C(F)(F)F. The highest BCUT2D eigenvalue weighted by atomic mass is 35.5. The Morgan fingerprint density at radius 3 is 1.19 bits per heavy atom. The van der Waals surface area contributed by atoms with Crippen LogP contribution in [-0.2, 0) is 19.0 Å². The van der Waals surface area contributed by atoms with E-state index in [1.165, 1.54) is 4.74 Å². The van der Waals surface area contributed by atoms with Gasteiger partial charge in [-0.05, 0) is 11.6 Å². The molecule has 0 amide bonds. The Kier molecular flexibility index (Phi) is 7.46. The first-order chi connectivity index (χ1) is 13.1. The molecule has 0 bridgehead atoms. The lowest BCUT2D eigenvalue weighted by molar-refractivity contribution is -0.596. The molecule has 0 aliphatic heterocycles. The molecule has 0 saturated carbocycles. The summed E-state index contributed by atoms with van der Waals surface area (Å²) in [6.45, 7) is 0. The van der Waals surface area contributed by atoms with Crippen LogP contribution in [0, 0.1) is 0 Å². The van der Waals surface area contributed by atoms with Crippen LogP contribution in [0.25, 0.3) is 0 Å². The number of hydrogen-bond acceptors (Lipinski definition) is 4. The molecule has 0 spiro atoms. The van der Waals surface area contributed by atoms with E-state index < -0.39 is 53.9 Å². The Labute approximate surface area is 161 Å². The lowest BCUT2D eigenvalue weighted by atomic mass is 10.3. The van der Waals surface area contributed by atoms with E-state index in [9.17, 15) is 75.0 Å². The van der Waals surface area contributed by atoms with E-state index >= 15 is 0 Å². The first kappa shape index (κ1) is 29.5. The molecule has 0 rings (SSSR count). The highest BCUT2D eigenvalue weighted by Gasteiger charge is 2.80. The van der Waals surface area contributed by atoms with E-state index in [0.29, 0.717) is 0 Å². The van der Waals surface area contributed by atoms with Crippen LogP contribution in [0.5, 0.6) is 0 Å². The Balaban J connectivity index is 6.56. The second-order valence-corrected chi connectivity index (χ2v) is 5.26. The summed E-state index contributed by atoms with van der Waals surface area (Å²) in [5, 5.41) is 1.18. The Morgan fingerprint density at radius 1 is 0.613 bits per heavy atom. The molecule has 0 radical (unpaired) electrons. The molecule has 0 aliphatic rings. The minimum absolute atomic E-state index is 1.47. The Bertz CT molecular complexity index is 670. The second kappa shape index (κ2) is 7.83. The van der Waals surface area contributed by atoms with Crippen molar-refractivity contribution in [2.24, 2.45) is 0 Å². The third-order valence-electron chi connectivity index (χ3n) is 2.43. The monoisotopic (exact) mass is 528 g/mol. The summed E-state index contributed by atoms with van der Waals surface area (Å²) in [7, 11) is 0. The van der Waals surface area contributed by atoms with Gasteiger partial charge in [0, 0.05) is 0 Å². The highest BCUT2D eigenvalue weighted by Crippen LogP contribution is 2.54. The van der Waals surface area contributed by atoms with E-state index in [0.717, 1.165) is 0 Å². The average molecular weight is 529 g/mol. The summed E-state index contributed by atoms with van der Waals surface area (Å²) in [5.74, 6) is -11.3. The number of carbonyl (C=O) groups is 1. The number of carboxylic acids is 1. The van der Waals surface area contributed by atoms with Crippen LogP contribution < -0.4 is 0 Å². The predicted octanol–water partition coefficient (Wildman–Crippen LogP) is 5.14. The molecular formula is C9HClF16O5. The summed E-state index contributed by atoms with van der Waals surface area (Å²) < 4.78 is 208. The lowest BCUT2D eigenvalue weighted by Gasteiger charge is -2.38. The summed E-state index contributed by atoms with van der Waals surface area (Å²) in [6.07, 6.45) is -29.3. The third-order valence-corrected chi connectivity index (χ3v) is 2.67. The lowest BCUT2D eigenvalue weighted by Crippen LogP contribution is -2.64. The molecule has 0 saturated heterocycles. The van der Waals surface area contributed by atoms with E-state index in [4.69, 9.17) is 5.11 Å². The summed E-state index contributed by atoms with van der Waals surface area (Å²) in [5.41, 5.74) is 0. The molecule has 2 unspecified atom stereocenters. The molecule has 0 fully saturated rings. The standard InChI is InChI=1S/C9HClF16O5/c10-4(15,16)3(13,14)7(23,24)30-9(26,6(20,21)22)31-8(25,5(17,18)19)29-2(11,12)1(27)28/h(H,27,28). The van der Waals surface area contributed by atoms with Gasteiger partial charge >= 0.3 is 53.9 Å². The number of hydrogen-bond donors (Lipinski definition) is 1. The summed E-state index contributed by atoms with van der Waals surface area (Å²) >= 11 is 3.45. The van der Waals surface area contributed by atoms with Crippen molar-refractivity contribution in [1.29, 1.82) is 0 Å². The number of carboxylic acid groups (broad SMARTS) is 1. The zero-order valence-corrected chi connectivity index (χ0v) is 13.8. The highest BCUT2D eigenvalue weighted by molar-refractivity contribution is 6.22. The van der Waals surface area contributed by atoms with E-state index in [2.05, 4.69) is 11.6 Å². The van der Waals surface area contributed by atoms with Crippen molar-refractivity contribution >= 4 is 17.6 Å². The number of halogens is 17. The van der Waals surface area contributed by atoms with Crippen molar-refractivity contribution in [2.75, 3.05) is 0 Å². The van der Waals surface area contributed by atoms with Crippen LogP contribution >= 0.6 is 11.6 Å². The van der Waals surface area contributed by atoms with Crippen LogP contribution in [0.4, 0.5) is 70.2 Å². The Hall–Kier alpha value is -1.48. The van der Waals surface area contributed by atoms with Crippen molar-refractivity contribution < 1.29 is 94.4 Å². The van der Waals surface area contributed by atoms with Crippen molar-refractivity contribution in [2.45, 2.75) is 48.0 Å². The van der Waals surface area contributed by atoms with E-state index in [-0.39, 0.29) is 0 Å². The van der Waals surface area contributed by atoms with Gasteiger partial charge in [-0.2, -0.15) is 70.2 Å². The van der Waals surface area contributed by atoms with Gasteiger partial charge in [0.2, 0.25) is 0 Å². The average Bonchev–Trinajstić information content (AvgIpc) is 2.41. The minimum Gasteiger partial charge on any atom is -0.475 e. The largest absolute Gasteiger partial charge is 0.478 e. The number of aliphatic carboxylic acids is 1. The fraction of sp³-hybridized carbons (Fsp3) is 0.889. The molecule has 5 nitrogen and oxygen atoms in total. The normalized spacial score (nSPS) is 19.0. The number of alkyl halides is 17. The number of rotatable bonds is 9. The van der Waals surface area contributed by atoms with Gasteiger partial charge in [0.15, 0.2) is 0 Å². The maximum Gasteiger partial charge on any atom is 0.478 e. The van der Waals surface area contributed by atoms with Gasteiger partial charge in [0.05, 0.1) is 0 Å². The zero-order chi connectivity index (χ0) is 25.7.